The summed E-state index contributed by atoms with van der Waals surface area (Å²) in [6, 6.07) is 3.26. The smallest absolute Gasteiger partial charge is 0.0682 e. The molecule has 0 nitrogen and oxygen atoms in total. The number of allylic oxidation sites excluding steroid dienone is 4. The van der Waals surface area contributed by atoms with Gasteiger partial charge in [-0.1, -0.05) is 71.0 Å². The average Bonchev–Trinajstić information content (AvgIpc) is 2.36. The molecule has 0 heterocycles. The summed E-state index contributed by atoms with van der Waals surface area (Å²) in [6.07, 6.45) is 1.83. The number of rotatable bonds is 1. The van der Waals surface area contributed by atoms with E-state index in [1.54, 1.807) is 12.1 Å². The van der Waals surface area contributed by atoms with Gasteiger partial charge in [0.1, 0.15) is 0 Å². The van der Waals surface area contributed by atoms with Crippen LogP contribution >= 0.6 is 69.6 Å². The van der Waals surface area contributed by atoms with E-state index in [1.165, 1.54) is 0 Å². The van der Waals surface area contributed by atoms with Gasteiger partial charge in [0.15, 0.2) is 0 Å². The predicted molar refractivity (Wildman–Crippen MR) is 91.6 cm³/mol. The first-order chi connectivity index (χ1) is 9.15. The van der Waals surface area contributed by atoms with Crippen LogP contribution in [0.15, 0.2) is 28.3 Å². The monoisotopic (exact) mass is 388 g/mol. The van der Waals surface area contributed by atoms with E-state index >= 15 is 0 Å². The summed E-state index contributed by atoms with van der Waals surface area (Å²) >= 11 is 37.5. The fraction of sp³-hybridized carbons (Fsp3) is 0.286. The summed E-state index contributed by atoms with van der Waals surface area (Å²) in [5.74, 6) is -0.101. The van der Waals surface area contributed by atoms with Crippen molar-refractivity contribution in [2.45, 2.75) is 18.7 Å². The van der Waals surface area contributed by atoms with Crippen molar-refractivity contribution in [3.05, 3.63) is 48.9 Å². The zero-order valence-corrected chi connectivity index (χ0v) is 15.1. The highest BCUT2D eigenvalue weighted by Crippen LogP contribution is 2.48. The van der Waals surface area contributed by atoms with Gasteiger partial charge < -0.3 is 0 Å². The third kappa shape index (κ3) is 2.97. The molecule has 0 N–H and O–H groups in total. The van der Waals surface area contributed by atoms with Gasteiger partial charge in [-0.05, 0) is 19.1 Å². The number of hydrogen-bond donors (Lipinski definition) is 0. The van der Waals surface area contributed by atoms with Crippen molar-refractivity contribution >= 4 is 75.2 Å². The van der Waals surface area contributed by atoms with E-state index in [-0.39, 0.29) is 5.92 Å². The number of hydrogen-bond acceptors (Lipinski definition) is 0. The van der Waals surface area contributed by atoms with Crippen LogP contribution in [-0.4, -0.2) is 4.87 Å². The zero-order valence-electron chi connectivity index (χ0n) is 10.6. The Morgan fingerprint density at radius 1 is 1.05 bits per heavy atom. The molecule has 0 spiro atoms. The lowest BCUT2D eigenvalue weighted by atomic mass is 9.85. The van der Waals surface area contributed by atoms with Crippen LogP contribution in [0, 0.1) is 5.92 Å². The maximum Gasteiger partial charge on any atom is 0.0682 e. The van der Waals surface area contributed by atoms with E-state index in [2.05, 4.69) is 0 Å². The Morgan fingerprint density at radius 3 is 2.25 bits per heavy atom. The normalized spacial score (nSPS) is 26.8. The lowest BCUT2D eigenvalue weighted by Gasteiger charge is -2.32. The van der Waals surface area contributed by atoms with Crippen molar-refractivity contribution in [3.63, 3.8) is 0 Å². The second kappa shape index (κ2) is 5.91. The Bertz CT molecular complexity index is 627. The molecule has 2 unspecified atom stereocenters. The topological polar surface area (TPSA) is 0 Å². The fourth-order valence-electron chi connectivity index (χ4n) is 1.99. The first-order valence-electron chi connectivity index (χ1n) is 5.77. The van der Waals surface area contributed by atoms with E-state index in [0.717, 1.165) is 0 Å². The van der Waals surface area contributed by atoms with Crippen LogP contribution in [0.2, 0.25) is 15.1 Å². The summed E-state index contributed by atoms with van der Waals surface area (Å²) < 4.78 is 0. The summed E-state index contributed by atoms with van der Waals surface area (Å²) in [5, 5.41) is 2.09. The average molecular weight is 391 g/mol. The van der Waals surface area contributed by atoms with Gasteiger partial charge in [-0.2, -0.15) is 0 Å². The fourth-order valence-corrected chi connectivity index (χ4v) is 3.61. The molecule has 6 heteroatoms. The summed E-state index contributed by atoms with van der Waals surface area (Å²) in [6.45, 7) is 3.78. The molecular formula is C14H10Cl6. The number of alkyl halides is 1. The Morgan fingerprint density at radius 2 is 1.65 bits per heavy atom. The maximum atomic E-state index is 6.50. The van der Waals surface area contributed by atoms with Gasteiger partial charge in [0, 0.05) is 27.1 Å². The molecule has 2 atom stereocenters. The second-order valence-corrected chi connectivity index (χ2v) is 7.66. The predicted octanol–water partition coefficient (Wildman–Crippen LogP) is 7.37. The van der Waals surface area contributed by atoms with Gasteiger partial charge in [0.2, 0.25) is 0 Å². The van der Waals surface area contributed by atoms with Crippen LogP contribution in [0.4, 0.5) is 0 Å². The molecule has 0 fully saturated rings. The number of halogens is 6. The van der Waals surface area contributed by atoms with Crippen LogP contribution < -0.4 is 0 Å². The van der Waals surface area contributed by atoms with E-state index in [4.69, 9.17) is 69.6 Å². The number of benzene rings is 1. The molecule has 0 aliphatic heterocycles. The quantitative estimate of drug-likeness (QED) is 0.347. The van der Waals surface area contributed by atoms with E-state index in [1.807, 2.05) is 19.9 Å². The summed E-state index contributed by atoms with van der Waals surface area (Å²) in [5.41, 5.74) is 1.26. The molecule has 1 aliphatic rings. The van der Waals surface area contributed by atoms with Gasteiger partial charge in [-0.15, -0.1) is 11.6 Å². The molecule has 0 aromatic heterocycles. The highest BCUT2D eigenvalue weighted by Gasteiger charge is 2.36. The Balaban J connectivity index is 2.69. The van der Waals surface area contributed by atoms with E-state index in [0.29, 0.717) is 36.3 Å². The largest absolute Gasteiger partial charge is 0.114 e. The van der Waals surface area contributed by atoms with Crippen LogP contribution in [0.25, 0.3) is 5.57 Å². The van der Waals surface area contributed by atoms with Gasteiger partial charge in [0.25, 0.3) is 0 Å². The van der Waals surface area contributed by atoms with Gasteiger partial charge >= 0.3 is 0 Å². The van der Waals surface area contributed by atoms with Crippen molar-refractivity contribution in [3.8, 4) is 0 Å². The minimum atomic E-state index is -0.664. The minimum Gasteiger partial charge on any atom is -0.114 e. The van der Waals surface area contributed by atoms with Crippen molar-refractivity contribution in [2.24, 2.45) is 5.92 Å². The van der Waals surface area contributed by atoms with Crippen molar-refractivity contribution in [2.75, 3.05) is 0 Å². The SMILES string of the molecule is CC1C(Cl)=C(Cl)C(c2cc(Cl)cc(Cl)c2Cl)=CC1(C)Cl. The molecule has 2 rings (SSSR count). The summed E-state index contributed by atoms with van der Waals surface area (Å²) in [4.78, 5) is -0.664. The summed E-state index contributed by atoms with van der Waals surface area (Å²) in [7, 11) is 0. The van der Waals surface area contributed by atoms with Crippen LogP contribution in [0.1, 0.15) is 19.4 Å². The molecule has 0 radical (unpaired) electrons. The van der Waals surface area contributed by atoms with E-state index in [9.17, 15) is 0 Å². The van der Waals surface area contributed by atoms with Crippen molar-refractivity contribution in [1.29, 1.82) is 0 Å². The van der Waals surface area contributed by atoms with Gasteiger partial charge in [-0.25, -0.2) is 0 Å². The Kier molecular flexibility index (Phi) is 4.97. The highest BCUT2D eigenvalue weighted by molar-refractivity contribution is 6.48. The third-order valence-corrected chi connectivity index (χ3v) is 5.86. The minimum absolute atomic E-state index is 0.101. The van der Waals surface area contributed by atoms with E-state index < -0.39 is 4.87 Å². The highest BCUT2D eigenvalue weighted by atomic mass is 35.5. The molecule has 108 valence electrons. The lowest BCUT2D eigenvalue weighted by molar-refractivity contribution is 0.580. The van der Waals surface area contributed by atoms with Gasteiger partial charge in [0.05, 0.1) is 20.0 Å². The van der Waals surface area contributed by atoms with Crippen molar-refractivity contribution < 1.29 is 0 Å². The molecule has 1 aliphatic carbocycles. The molecule has 20 heavy (non-hydrogen) atoms. The van der Waals surface area contributed by atoms with Crippen LogP contribution in [0.5, 0.6) is 0 Å². The molecule has 0 bridgehead atoms. The Labute approximate surface area is 148 Å². The molecular weight excluding hydrogens is 381 g/mol. The third-order valence-electron chi connectivity index (χ3n) is 3.38. The molecule has 0 amide bonds. The molecule has 0 saturated heterocycles. The lowest BCUT2D eigenvalue weighted by Crippen LogP contribution is -2.27. The standard InChI is InChI=1S/C14H10Cl6/c1-6-11(17)13(19)9(5-14(6,2)20)8-3-7(15)4-10(16)12(8)18/h3-6H,1-2H3. The zero-order chi connectivity index (χ0) is 15.2. The van der Waals surface area contributed by atoms with Crippen LogP contribution in [-0.2, 0) is 0 Å². The van der Waals surface area contributed by atoms with Crippen LogP contribution in [0.3, 0.4) is 0 Å². The Hall–Kier alpha value is 0.440. The molecule has 0 saturated carbocycles. The first-order valence-corrected chi connectivity index (χ1v) is 8.04. The molecule has 1 aromatic carbocycles. The first kappa shape index (κ1) is 16.8. The molecule has 1 aromatic rings. The van der Waals surface area contributed by atoms with Gasteiger partial charge in [-0.3, -0.25) is 0 Å². The second-order valence-electron chi connectivity index (χ2n) is 4.84. The van der Waals surface area contributed by atoms with Crippen molar-refractivity contribution in [1.82, 2.24) is 0 Å². The maximum absolute atomic E-state index is 6.50.